The third-order valence-corrected chi connectivity index (χ3v) is 4.85. The molecule has 0 saturated heterocycles. The van der Waals surface area contributed by atoms with Gasteiger partial charge in [0.25, 0.3) is 0 Å². The highest BCUT2D eigenvalue weighted by Crippen LogP contribution is 2.57. The average Bonchev–Trinajstić information content (AvgIpc) is 2.96. The summed E-state index contributed by atoms with van der Waals surface area (Å²) in [4.78, 5) is 0. The minimum atomic E-state index is 0.651. The van der Waals surface area contributed by atoms with Gasteiger partial charge < -0.3 is 5.32 Å². The maximum atomic E-state index is 4.54. The molecule has 0 aliphatic heterocycles. The van der Waals surface area contributed by atoms with Crippen LogP contribution in [0.5, 0.6) is 0 Å². The summed E-state index contributed by atoms with van der Waals surface area (Å²) in [5.41, 5.74) is 1.24. The molecule has 0 aromatic carbocycles. The molecule has 1 aromatic heterocycles. The predicted molar refractivity (Wildman–Crippen MR) is 73.3 cm³/mol. The van der Waals surface area contributed by atoms with Crippen LogP contribution in [0.25, 0.3) is 0 Å². The first-order valence-corrected chi connectivity index (χ1v) is 7.51. The van der Waals surface area contributed by atoms with E-state index in [9.17, 15) is 0 Å². The van der Waals surface area contributed by atoms with Crippen LogP contribution in [0.1, 0.15) is 38.3 Å². The second-order valence-electron chi connectivity index (χ2n) is 6.04. The zero-order valence-electron chi connectivity index (χ0n) is 11.6. The summed E-state index contributed by atoms with van der Waals surface area (Å²) in [7, 11) is 2.00. The van der Waals surface area contributed by atoms with Gasteiger partial charge in [-0.3, -0.25) is 4.68 Å². The molecule has 1 heterocycles. The lowest BCUT2D eigenvalue weighted by atomic mass is 10.0. The van der Waals surface area contributed by atoms with Gasteiger partial charge in [0, 0.05) is 25.7 Å². The Hall–Kier alpha value is -0.830. The Balaban J connectivity index is 1.65. The van der Waals surface area contributed by atoms with Gasteiger partial charge >= 0.3 is 0 Å². The quantitative estimate of drug-likeness (QED) is 0.866. The maximum absolute atomic E-state index is 4.54. The molecule has 3 rings (SSSR count). The smallest absolute Gasteiger partial charge is 0.0640 e. The molecule has 1 aromatic rings. The largest absolute Gasteiger partial charge is 0.314 e. The van der Waals surface area contributed by atoms with Crippen molar-refractivity contribution in [2.24, 2.45) is 24.8 Å². The van der Waals surface area contributed by atoms with Crippen molar-refractivity contribution in [3.8, 4) is 0 Å². The first kappa shape index (κ1) is 12.2. The van der Waals surface area contributed by atoms with E-state index in [0.29, 0.717) is 6.04 Å². The van der Waals surface area contributed by atoms with Gasteiger partial charge in [0.2, 0.25) is 0 Å². The highest BCUT2D eigenvalue weighted by atomic mass is 15.2. The van der Waals surface area contributed by atoms with E-state index in [1.807, 2.05) is 11.7 Å². The van der Waals surface area contributed by atoms with Gasteiger partial charge in [-0.2, -0.15) is 5.10 Å². The fourth-order valence-electron chi connectivity index (χ4n) is 4.05. The third-order valence-electron chi connectivity index (χ3n) is 4.85. The van der Waals surface area contributed by atoms with Gasteiger partial charge in [0.1, 0.15) is 0 Å². The molecule has 1 N–H and O–H groups in total. The molecule has 3 heteroatoms. The summed E-state index contributed by atoms with van der Waals surface area (Å²) in [5.74, 6) is 2.97. The third kappa shape index (κ3) is 2.33. The fraction of sp³-hybridized carbons (Fsp3) is 0.800. The molecule has 0 amide bonds. The molecule has 2 aliphatic rings. The van der Waals surface area contributed by atoms with Crippen molar-refractivity contribution in [3.63, 3.8) is 0 Å². The summed E-state index contributed by atoms with van der Waals surface area (Å²) in [6, 6.07) is 2.81. The molecule has 0 bridgehead atoms. The van der Waals surface area contributed by atoms with E-state index in [0.717, 1.165) is 30.7 Å². The Kier molecular flexibility index (Phi) is 3.42. The monoisotopic (exact) mass is 247 g/mol. The molecule has 3 atom stereocenters. The summed E-state index contributed by atoms with van der Waals surface area (Å²) < 4.78 is 1.91. The molecule has 3 unspecified atom stereocenters. The van der Waals surface area contributed by atoms with Gasteiger partial charge in [-0.15, -0.1) is 0 Å². The lowest BCUT2D eigenvalue weighted by Crippen LogP contribution is -2.34. The van der Waals surface area contributed by atoms with Crippen LogP contribution in [0.4, 0.5) is 0 Å². The van der Waals surface area contributed by atoms with E-state index in [4.69, 9.17) is 0 Å². The van der Waals surface area contributed by atoms with Gasteiger partial charge in [-0.1, -0.05) is 19.8 Å². The molecule has 3 nitrogen and oxygen atoms in total. The first-order chi connectivity index (χ1) is 8.79. The molecule has 0 spiro atoms. The number of rotatable bonds is 5. The zero-order chi connectivity index (χ0) is 12.5. The van der Waals surface area contributed by atoms with Crippen LogP contribution in [-0.4, -0.2) is 22.4 Å². The van der Waals surface area contributed by atoms with E-state index >= 15 is 0 Å². The normalized spacial score (nSPS) is 32.0. The van der Waals surface area contributed by atoms with E-state index in [1.165, 1.54) is 31.4 Å². The molecule has 2 saturated carbocycles. The van der Waals surface area contributed by atoms with Gasteiger partial charge in [-0.05, 0) is 43.2 Å². The molecular formula is C15H25N3. The van der Waals surface area contributed by atoms with Crippen molar-refractivity contribution in [2.75, 3.05) is 6.54 Å². The Labute approximate surface area is 110 Å². The standard InChI is InChI=1S/C15H25N3/c1-3-16-14(10-11-8-9-18(2)17-11)15-12-6-4-5-7-13(12)15/h8-9,12-16H,3-7,10H2,1-2H3. The van der Waals surface area contributed by atoms with Crippen molar-refractivity contribution in [2.45, 2.75) is 45.1 Å². The van der Waals surface area contributed by atoms with Crippen LogP contribution in [0.15, 0.2) is 12.3 Å². The Morgan fingerprint density at radius 2 is 2.11 bits per heavy atom. The van der Waals surface area contributed by atoms with Crippen molar-refractivity contribution < 1.29 is 0 Å². The van der Waals surface area contributed by atoms with Crippen molar-refractivity contribution in [3.05, 3.63) is 18.0 Å². The molecule has 100 valence electrons. The van der Waals surface area contributed by atoms with Gasteiger partial charge in [-0.25, -0.2) is 0 Å². The van der Waals surface area contributed by atoms with Gasteiger partial charge in [0.15, 0.2) is 0 Å². The number of likely N-dealkylation sites (N-methyl/N-ethyl adjacent to an activating group) is 1. The van der Waals surface area contributed by atoms with Crippen molar-refractivity contribution in [1.82, 2.24) is 15.1 Å². The predicted octanol–water partition coefficient (Wildman–Crippen LogP) is 2.38. The van der Waals surface area contributed by atoms with Crippen LogP contribution in [-0.2, 0) is 13.5 Å². The number of fused-ring (bicyclic) bond motifs is 1. The molecule has 2 aliphatic carbocycles. The van der Waals surface area contributed by atoms with E-state index < -0.39 is 0 Å². The van der Waals surface area contributed by atoms with Crippen molar-refractivity contribution >= 4 is 0 Å². The number of nitrogens with one attached hydrogen (secondary N) is 1. The first-order valence-electron chi connectivity index (χ1n) is 7.51. The van der Waals surface area contributed by atoms with E-state index in [1.54, 1.807) is 0 Å². The number of aromatic nitrogens is 2. The van der Waals surface area contributed by atoms with E-state index in [2.05, 4.69) is 29.6 Å². The summed E-state index contributed by atoms with van der Waals surface area (Å²) in [6.07, 6.45) is 9.02. The van der Waals surface area contributed by atoms with E-state index in [-0.39, 0.29) is 0 Å². The Bertz CT molecular complexity index is 386. The number of nitrogens with zero attached hydrogens (tertiary/aromatic N) is 2. The van der Waals surface area contributed by atoms with Crippen molar-refractivity contribution in [1.29, 1.82) is 0 Å². The summed E-state index contributed by atoms with van der Waals surface area (Å²) >= 11 is 0. The summed E-state index contributed by atoms with van der Waals surface area (Å²) in [6.45, 7) is 3.30. The highest BCUT2D eigenvalue weighted by molar-refractivity contribution is 5.09. The molecular weight excluding hydrogens is 222 g/mol. The lowest BCUT2D eigenvalue weighted by molar-refractivity contribution is 0.433. The fourth-order valence-corrected chi connectivity index (χ4v) is 4.05. The SMILES string of the molecule is CCNC(Cc1ccn(C)n1)C1C2CCCCC21. The number of aryl methyl sites for hydroxylation is 1. The maximum Gasteiger partial charge on any atom is 0.0640 e. The lowest BCUT2D eigenvalue weighted by Gasteiger charge is -2.17. The van der Waals surface area contributed by atoms with Crippen LogP contribution >= 0.6 is 0 Å². The Morgan fingerprint density at radius 3 is 2.67 bits per heavy atom. The second kappa shape index (κ2) is 5.04. The van der Waals surface area contributed by atoms with Crippen LogP contribution in [0.2, 0.25) is 0 Å². The molecule has 0 radical (unpaired) electrons. The topological polar surface area (TPSA) is 29.9 Å². The summed E-state index contributed by atoms with van der Waals surface area (Å²) in [5, 5.41) is 8.25. The number of hydrogen-bond donors (Lipinski definition) is 1. The number of hydrogen-bond acceptors (Lipinski definition) is 2. The Morgan fingerprint density at radius 1 is 1.39 bits per heavy atom. The highest BCUT2D eigenvalue weighted by Gasteiger charge is 2.53. The molecule has 18 heavy (non-hydrogen) atoms. The van der Waals surface area contributed by atoms with Crippen LogP contribution < -0.4 is 5.32 Å². The minimum absolute atomic E-state index is 0.651. The van der Waals surface area contributed by atoms with Crippen LogP contribution in [0.3, 0.4) is 0 Å². The zero-order valence-corrected chi connectivity index (χ0v) is 11.6. The van der Waals surface area contributed by atoms with Crippen LogP contribution in [0, 0.1) is 17.8 Å². The second-order valence-corrected chi connectivity index (χ2v) is 6.04. The van der Waals surface area contributed by atoms with Gasteiger partial charge in [0.05, 0.1) is 5.69 Å². The minimum Gasteiger partial charge on any atom is -0.314 e. The average molecular weight is 247 g/mol. The molecule has 2 fully saturated rings.